The maximum Gasteiger partial charge on any atom is 0.266 e. The molecular formula is C19H23N2O3S2-. The largest absolute Gasteiger partial charge is 0.550 e. The van der Waals surface area contributed by atoms with Crippen LogP contribution in [-0.2, 0) is 9.59 Å². The van der Waals surface area contributed by atoms with E-state index >= 15 is 0 Å². The summed E-state index contributed by atoms with van der Waals surface area (Å²) in [5, 5.41) is 10.6. The number of hydrogen-bond acceptors (Lipinski definition) is 6. The molecule has 1 amide bonds. The fraction of sp³-hybridized carbons (Fsp3) is 0.421. The Bertz CT molecular complexity index is 695. The van der Waals surface area contributed by atoms with Crippen molar-refractivity contribution in [1.82, 2.24) is 4.90 Å². The Labute approximate surface area is 164 Å². The molecule has 1 fully saturated rings. The number of carboxylic acids is 1. The van der Waals surface area contributed by atoms with Crippen molar-refractivity contribution in [2.45, 2.75) is 33.1 Å². The molecule has 0 aliphatic carbocycles. The van der Waals surface area contributed by atoms with Crippen LogP contribution in [0.2, 0.25) is 0 Å². The topological polar surface area (TPSA) is 63.7 Å². The molecule has 0 unspecified atom stereocenters. The summed E-state index contributed by atoms with van der Waals surface area (Å²) >= 11 is 6.38. The zero-order valence-electron chi connectivity index (χ0n) is 15.1. The summed E-state index contributed by atoms with van der Waals surface area (Å²) in [7, 11) is 0. The average molecular weight is 392 g/mol. The van der Waals surface area contributed by atoms with Crippen molar-refractivity contribution >= 4 is 51.9 Å². The van der Waals surface area contributed by atoms with E-state index in [1.54, 1.807) is 6.08 Å². The van der Waals surface area contributed by atoms with E-state index in [2.05, 4.69) is 30.9 Å². The molecule has 0 saturated carbocycles. The number of carbonyl (C=O) groups is 2. The fourth-order valence-electron chi connectivity index (χ4n) is 2.74. The molecule has 1 aromatic rings. The van der Waals surface area contributed by atoms with Crippen LogP contribution in [0.5, 0.6) is 0 Å². The van der Waals surface area contributed by atoms with Crippen molar-refractivity contribution in [2.75, 3.05) is 24.5 Å². The van der Waals surface area contributed by atoms with Crippen LogP contribution in [0.4, 0.5) is 5.69 Å². The molecule has 1 heterocycles. The number of rotatable bonds is 9. The van der Waals surface area contributed by atoms with Crippen LogP contribution in [0.25, 0.3) is 6.08 Å². The fourth-order valence-corrected chi connectivity index (χ4v) is 4.05. The molecule has 0 aromatic heterocycles. The maximum atomic E-state index is 12.4. The Morgan fingerprint density at radius 3 is 2.38 bits per heavy atom. The second kappa shape index (κ2) is 9.73. The summed E-state index contributed by atoms with van der Waals surface area (Å²) in [6.07, 6.45) is 3.76. The first kappa shape index (κ1) is 20.5. The summed E-state index contributed by atoms with van der Waals surface area (Å²) in [5.41, 5.74) is 2.09. The van der Waals surface area contributed by atoms with Crippen molar-refractivity contribution in [3.8, 4) is 0 Å². The monoisotopic (exact) mass is 391 g/mol. The molecule has 0 atom stereocenters. The van der Waals surface area contributed by atoms with Gasteiger partial charge in [0.2, 0.25) is 0 Å². The molecule has 1 saturated heterocycles. The third-order valence-corrected chi connectivity index (χ3v) is 5.33. The molecule has 0 radical (unpaired) electrons. The van der Waals surface area contributed by atoms with Gasteiger partial charge in [-0.25, -0.2) is 0 Å². The highest BCUT2D eigenvalue weighted by Crippen LogP contribution is 2.32. The Balaban J connectivity index is 2.10. The summed E-state index contributed by atoms with van der Waals surface area (Å²) in [5.74, 6) is -1.44. The highest BCUT2D eigenvalue weighted by molar-refractivity contribution is 8.26. The standard InChI is InChI=1S/C19H24N2O3S2/c1-3-10-20(11-4-2)15-7-5-14(6-8-15)13-16-18(24)21(19(25)26-16)12-9-17(22)23/h5-8,13H,3-4,9-12H2,1-2H3,(H,22,23)/p-1/b16-13-. The molecule has 0 N–H and O–H groups in total. The van der Waals surface area contributed by atoms with Crippen LogP contribution in [-0.4, -0.2) is 40.7 Å². The zero-order chi connectivity index (χ0) is 19.1. The molecule has 1 aromatic carbocycles. The van der Waals surface area contributed by atoms with Crippen molar-refractivity contribution in [1.29, 1.82) is 0 Å². The molecule has 0 spiro atoms. The minimum Gasteiger partial charge on any atom is -0.550 e. The minimum absolute atomic E-state index is 0.0479. The van der Waals surface area contributed by atoms with Gasteiger partial charge in [0.1, 0.15) is 4.32 Å². The van der Waals surface area contributed by atoms with Crippen LogP contribution < -0.4 is 10.0 Å². The Morgan fingerprint density at radius 1 is 1.23 bits per heavy atom. The highest BCUT2D eigenvalue weighted by atomic mass is 32.2. The van der Waals surface area contributed by atoms with E-state index < -0.39 is 5.97 Å². The number of carboxylic acid groups (broad SMARTS) is 1. The number of thioether (sulfide) groups is 1. The number of hydrogen-bond donors (Lipinski definition) is 0. The Kier molecular flexibility index (Phi) is 7.66. The van der Waals surface area contributed by atoms with E-state index in [-0.39, 0.29) is 18.9 Å². The molecule has 0 bridgehead atoms. The third kappa shape index (κ3) is 5.32. The lowest BCUT2D eigenvalue weighted by Gasteiger charge is -2.23. The first-order chi connectivity index (χ1) is 12.5. The molecule has 1 aliphatic heterocycles. The Morgan fingerprint density at radius 2 is 1.85 bits per heavy atom. The van der Waals surface area contributed by atoms with Gasteiger partial charge in [0.25, 0.3) is 5.91 Å². The van der Waals surface area contributed by atoms with Crippen LogP contribution >= 0.6 is 24.0 Å². The highest BCUT2D eigenvalue weighted by Gasteiger charge is 2.31. The summed E-state index contributed by atoms with van der Waals surface area (Å²) in [4.78, 5) is 27.2. The van der Waals surface area contributed by atoms with Crippen molar-refractivity contribution in [3.05, 3.63) is 34.7 Å². The Hall–Kier alpha value is -1.86. The number of nitrogens with zero attached hydrogens (tertiary/aromatic N) is 2. The van der Waals surface area contributed by atoms with Gasteiger partial charge in [-0.05, 0) is 36.6 Å². The molecular weight excluding hydrogens is 368 g/mol. The van der Waals surface area contributed by atoms with Crippen molar-refractivity contribution in [3.63, 3.8) is 0 Å². The summed E-state index contributed by atoms with van der Waals surface area (Å²) < 4.78 is 0.385. The smallest absolute Gasteiger partial charge is 0.266 e. The first-order valence-electron chi connectivity index (χ1n) is 8.76. The number of benzene rings is 1. The maximum absolute atomic E-state index is 12.4. The first-order valence-corrected chi connectivity index (χ1v) is 9.99. The molecule has 140 valence electrons. The SMILES string of the molecule is CCCN(CCC)c1ccc(/C=C2\SC(=S)N(CCC(=O)[O-])C2=O)cc1. The van der Waals surface area contributed by atoms with Gasteiger partial charge in [-0.1, -0.05) is 50.0 Å². The van der Waals surface area contributed by atoms with E-state index in [9.17, 15) is 14.7 Å². The minimum atomic E-state index is -1.19. The van der Waals surface area contributed by atoms with E-state index in [1.807, 2.05) is 12.1 Å². The molecule has 2 rings (SSSR count). The van der Waals surface area contributed by atoms with E-state index in [0.717, 1.165) is 31.5 Å². The van der Waals surface area contributed by atoms with Crippen molar-refractivity contribution < 1.29 is 14.7 Å². The van der Waals surface area contributed by atoms with Crippen LogP contribution in [0, 0.1) is 0 Å². The zero-order valence-corrected chi connectivity index (χ0v) is 16.7. The summed E-state index contributed by atoms with van der Waals surface area (Å²) in [6, 6.07) is 8.10. The van der Waals surface area contributed by atoms with Gasteiger partial charge in [0.15, 0.2) is 0 Å². The van der Waals surface area contributed by atoms with Gasteiger partial charge >= 0.3 is 0 Å². The molecule has 26 heavy (non-hydrogen) atoms. The van der Waals surface area contributed by atoms with E-state index in [1.165, 1.54) is 22.3 Å². The molecule has 7 heteroatoms. The number of carbonyl (C=O) groups excluding carboxylic acids is 2. The second-order valence-electron chi connectivity index (χ2n) is 6.03. The lowest BCUT2D eigenvalue weighted by molar-refractivity contribution is -0.305. The average Bonchev–Trinajstić information content (AvgIpc) is 2.87. The number of amides is 1. The number of anilines is 1. The number of thiocarbonyl (C=S) groups is 1. The quantitative estimate of drug-likeness (QED) is 0.476. The van der Waals surface area contributed by atoms with Gasteiger partial charge in [-0.2, -0.15) is 0 Å². The third-order valence-electron chi connectivity index (χ3n) is 3.96. The van der Waals surface area contributed by atoms with Gasteiger partial charge in [-0.3, -0.25) is 9.69 Å². The van der Waals surface area contributed by atoms with E-state index in [4.69, 9.17) is 12.2 Å². The van der Waals surface area contributed by atoms with Crippen LogP contribution in [0.3, 0.4) is 0 Å². The molecule has 5 nitrogen and oxygen atoms in total. The van der Waals surface area contributed by atoms with Gasteiger partial charge in [0.05, 0.1) is 4.91 Å². The molecule has 1 aliphatic rings. The van der Waals surface area contributed by atoms with Gasteiger partial charge < -0.3 is 14.8 Å². The van der Waals surface area contributed by atoms with Crippen LogP contribution in [0.1, 0.15) is 38.7 Å². The lowest BCUT2D eigenvalue weighted by Crippen LogP contribution is -2.33. The van der Waals surface area contributed by atoms with Gasteiger partial charge in [0, 0.05) is 37.7 Å². The predicted octanol–water partition coefficient (Wildman–Crippen LogP) is 2.65. The number of aliphatic carboxylic acids is 1. The predicted molar refractivity (Wildman–Crippen MR) is 109 cm³/mol. The van der Waals surface area contributed by atoms with E-state index in [0.29, 0.717) is 9.23 Å². The van der Waals surface area contributed by atoms with Crippen molar-refractivity contribution in [2.24, 2.45) is 0 Å². The second-order valence-corrected chi connectivity index (χ2v) is 7.71. The van der Waals surface area contributed by atoms with Crippen LogP contribution in [0.15, 0.2) is 29.2 Å². The lowest BCUT2D eigenvalue weighted by atomic mass is 10.1. The normalized spacial score (nSPS) is 15.8. The van der Waals surface area contributed by atoms with Gasteiger partial charge in [-0.15, -0.1) is 0 Å². The summed E-state index contributed by atoms with van der Waals surface area (Å²) in [6.45, 7) is 6.42.